The molecule has 0 amide bonds. The molecule has 0 aromatic heterocycles. The van der Waals surface area contributed by atoms with Crippen LogP contribution >= 0.6 is 0 Å². The molecule has 100 valence electrons. The van der Waals surface area contributed by atoms with E-state index < -0.39 is 0 Å². The molecule has 0 saturated carbocycles. The summed E-state index contributed by atoms with van der Waals surface area (Å²) >= 11 is 0. The van der Waals surface area contributed by atoms with E-state index in [1.807, 2.05) is 0 Å². The second kappa shape index (κ2) is 4.92. The third kappa shape index (κ3) is 1.90. The van der Waals surface area contributed by atoms with E-state index in [2.05, 4.69) is 65.6 Å². The molecule has 2 aliphatic rings. The van der Waals surface area contributed by atoms with Crippen molar-refractivity contribution >= 4 is 5.57 Å². The number of rotatable bonds is 1. The van der Waals surface area contributed by atoms with Gasteiger partial charge in [-0.25, -0.2) is 0 Å². The number of nitrogens with zero attached hydrogens (tertiary/aromatic N) is 1. The number of fused-ring (bicyclic) bond motifs is 3. The zero-order valence-corrected chi connectivity index (χ0v) is 11.6. The minimum absolute atomic E-state index is 0.615. The Hall–Kier alpha value is -1.86. The zero-order chi connectivity index (χ0) is 13.4. The normalized spacial score (nSPS) is 21.8. The van der Waals surface area contributed by atoms with Crippen molar-refractivity contribution < 1.29 is 0 Å². The SMILES string of the molecule is C1=C(c2ccccc2)c2ccccc2C2CCCN2C1. The Morgan fingerprint density at radius 1 is 0.900 bits per heavy atom. The molecule has 20 heavy (non-hydrogen) atoms. The molecule has 1 heteroatoms. The highest BCUT2D eigenvalue weighted by atomic mass is 15.2. The molecule has 1 fully saturated rings. The van der Waals surface area contributed by atoms with Crippen LogP contribution in [-0.4, -0.2) is 18.0 Å². The van der Waals surface area contributed by atoms with Crippen LogP contribution in [-0.2, 0) is 0 Å². The summed E-state index contributed by atoms with van der Waals surface area (Å²) in [6, 6.07) is 20.4. The van der Waals surface area contributed by atoms with Gasteiger partial charge in [-0.3, -0.25) is 4.90 Å². The van der Waals surface area contributed by atoms with Gasteiger partial charge in [0.25, 0.3) is 0 Å². The molecule has 1 saturated heterocycles. The summed E-state index contributed by atoms with van der Waals surface area (Å²) in [6.45, 7) is 2.31. The van der Waals surface area contributed by atoms with E-state index in [1.165, 1.54) is 41.6 Å². The van der Waals surface area contributed by atoms with E-state index in [1.54, 1.807) is 0 Å². The highest BCUT2D eigenvalue weighted by Crippen LogP contribution is 2.40. The highest BCUT2D eigenvalue weighted by Gasteiger charge is 2.29. The van der Waals surface area contributed by atoms with Crippen LogP contribution in [0.25, 0.3) is 5.57 Å². The van der Waals surface area contributed by atoms with Gasteiger partial charge in [-0.15, -0.1) is 0 Å². The molecule has 2 aromatic rings. The van der Waals surface area contributed by atoms with E-state index in [9.17, 15) is 0 Å². The quantitative estimate of drug-likeness (QED) is 0.741. The Morgan fingerprint density at radius 2 is 1.70 bits per heavy atom. The van der Waals surface area contributed by atoms with Gasteiger partial charge in [-0.2, -0.15) is 0 Å². The van der Waals surface area contributed by atoms with Crippen LogP contribution in [0.4, 0.5) is 0 Å². The van der Waals surface area contributed by atoms with E-state index in [0.29, 0.717) is 6.04 Å². The van der Waals surface area contributed by atoms with E-state index in [4.69, 9.17) is 0 Å². The van der Waals surface area contributed by atoms with E-state index in [-0.39, 0.29) is 0 Å². The molecule has 0 aliphatic carbocycles. The maximum Gasteiger partial charge on any atom is 0.0358 e. The average molecular weight is 261 g/mol. The lowest BCUT2D eigenvalue weighted by Gasteiger charge is -2.22. The van der Waals surface area contributed by atoms with Gasteiger partial charge in [0.2, 0.25) is 0 Å². The monoisotopic (exact) mass is 261 g/mol. The Morgan fingerprint density at radius 3 is 2.60 bits per heavy atom. The van der Waals surface area contributed by atoms with Crippen LogP contribution in [0.5, 0.6) is 0 Å². The van der Waals surface area contributed by atoms with Crippen molar-refractivity contribution in [2.24, 2.45) is 0 Å². The van der Waals surface area contributed by atoms with Crippen LogP contribution in [0.2, 0.25) is 0 Å². The Kier molecular flexibility index (Phi) is 2.93. The predicted molar refractivity (Wildman–Crippen MR) is 83.5 cm³/mol. The predicted octanol–water partition coefficient (Wildman–Crippen LogP) is 4.27. The number of hydrogen-bond donors (Lipinski definition) is 0. The van der Waals surface area contributed by atoms with Crippen LogP contribution < -0.4 is 0 Å². The van der Waals surface area contributed by atoms with E-state index in [0.717, 1.165) is 6.54 Å². The molecule has 2 heterocycles. The van der Waals surface area contributed by atoms with Gasteiger partial charge >= 0.3 is 0 Å². The van der Waals surface area contributed by atoms with Gasteiger partial charge in [0, 0.05) is 12.6 Å². The van der Waals surface area contributed by atoms with Crippen molar-refractivity contribution in [3.8, 4) is 0 Å². The summed E-state index contributed by atoms with van der Waals surface area (Å²) in [4.78, 5) is 2.62. The second-order valence-corrected chi connectivity index (χ2v) is 5.72. The van der Waals surface area contributed by atoms with Crippen molar-refractivity contribution in [3.05, 3.63) is 77.4 Å². The molecular weight excluding hydrogens is 242 g/mol. The third-order valence-corrected chi connectivity index (χ3v) is 4.59. The molecule has 1 nitrogen and oxygen atoms in total. The van der Waals surface area contributed by atoms with Crippen molar-refractivity contribution in [1.29, 1.82) is 0 Å². The minimum Gasteiger partial charge on any atom is -0.293 e. The lowest BCUT2D eigenvalue weighted by Crippen LogP contribution is -2.22. The first kappa shape index (κ1) is 11.9. The maximum atomic E-state index is 2.62. The molecule has 4 rings (SSSR count). The minimum atomic E-state index is 0.615. The van der Waals surface area contributed by atoms with E-state index >= 15 is 0 Å². The Bertz CT molecular complexity index is 642. The molecule has 1 atom stereocenters. The topological polar surface area (TPSA) is 3.24 Å². The van der Waals surface area contributed by atoms with Gasteiger partial charge in [0.05, 0.1) is 0 Å². The summed E-state index contributed by atoms with van der Waals surface area (Å²) < 4.78 is 0. The maximum absolute atomic E-state index is 2.62. The van der Waals surface area contributed by atoms with Crippen LogP contribution in [0.15, 0.2) is 60.7 Å². The second-order valence-electron chi connectivity index (χ2n) is 5.72. The standard InChI is InChI=1S/C19H19N/c1-2-7-15(8-3-1)16-12-14-20-13-6-11-19(20)18-10-5-4-9-17(16)18/h1-5,7-10,12,19H,6,11,13-14H2. The fraction of sp³-hybridized carbons (Fsp3) is 0.263. The van der Waals surface area contributed by atoms with Crippen molar-refractivity contribution in [3.63, 3.8) is 0 Å². The fourth-order valence-electron chi connectivity index (χ4n) is 3.64. The van der Waals surface area contributed by atoms with Crippen LogP contribution in [0.1, 0.15) is 35.6 Å². The average Bonchev–Trinajstić information content (AvgIpc) is 2.92. The molecule has 0 radical (unpaired) electrons. The zero-order valence-electron chi connectivity index (χ0n) is 11.6. The molecule has 2 aliphatic heterocycles. The molecule has 2 aromatic carbocycles. The largest absolute Gasteiger partial charge is 0.293 e. The Labute approximate surface area is 120 Å². The first-order chi connectivity index (χ1) is 9.93. The highest BCUT2D eigenvalue weighted by molar-refractivity contribution is 5.82. The van der Waals surface area contributed by atoms with Gasteiger partial charge in [-0.1, -0.05) is 60.7 Å². The van der Waals surface area contributed by atoms with Gasteiger partial charge in [-0.05, 0) is 41.6 Å². The number of benzene rings is 2. The molecular formula is C19H19N. The molecule has 0 N–H and O–H groups in total. The number of hydrogen-bond acceptors (Lipinski definition) is 1. The molecule has 0 bridgehead atoms. The molecule has 1 unspecified atom stereocenters. The smallest absolute Gasteiger partial charge is 0.0358 e. The fourth-order valence-corrected chi connectivity index (χ4v) is 3.64. The third-order valence-electron chi connectivity index (χ3n) is 4.59. The summed E-state index contributed by atoms with van der Waals surface area (Å²) in [5.74, 6) is 0. The first-order valence-corrected chi connectivity index (χ1v) is 7.52. The first-order valence-electron chi connectivity index (χ1n) is 7.52. The molecule has 0 spiro atoms. The lowest BCUT2D eigenvalue weighted by atomic mass is 9.91. The van der Waals surface area contributed by atoms with Gasteiger partial charge in [0.15, 0.2) is 0 Å². The lowest BCUT2D eigenvalue weighted by molar-refractivity contribution is 0.287. The van der Waals surface area contributed by atoms with Gasteiger partial charge in [0.1, 0.15) is 0 Å². The summed E-state index contributed by atoms with van der Waals surface area (Å²) in [5.41, 5.74) is 5.67. The van der Waals surface area contributed by atoms with Crippen molar-refractivity contribution in [1.82, 2.24) is 4.90 Å². The van der Waals surface area contributed by atoms with Crippen LogP contribution in [0, 0.1) is 0 Å². The Balaban J connectivity index is 1.88. The van der Waals surface area contributed by atoms with Crippen LogP contribution in [0.3, 0.4) is 0 Å². The van der Waals surface area contributed by atoms with Gasteiger partial charge < -0.3 is 0 Å². The summed E-state index contributed by atoms with van der Waals surface area (Å²) in [7, 11) is 0. The van der Waals surface area contributed by atoms with Crippen molar-refractivity contribution in [2.45, 2.75) is 18.9 Å². The van der Waals surface area contributed by atoms with Crippen molar-refractivity contribution in [2.75, 3.05) is 13.1 Å². The summed E-state index contributed by atoms with van der Waals surface area (Å²) in [6.07, 6.45) is 5.04. The summed E-state index contributed by atoms with van der Waals surface area (Å²) in [5, 5.41) is 0.